The summed E-state index contributed by atoms with van der Waals surface area (Å²) in [5.41, 5.74) is 8.70. The third-order valence-electron chi connectivity index (χ3n) is 2.72. The van der Waals surface area contributed by atoms with Gasteiger partial charge in [0.2, 0.25) is 0 Å². The molecule has 0 aliphatic carbocycles. The summed E-state index contributed by atoms with van der Waals surface area (Å²) < 4.78 is 1.47. The minimum absolute atomic E-state index is 0.214. The van der Waals surface area contributed by atoms with Gasteiger partial charge in [0.1, 0.15) is 5.69 Å². The van der Waals surface area contributed by atoms with Crippen molar-refractivity contribution in [3.05, 3.63) is 47.3 Å². The minimum Gasteiger partial charge on any atom is -0.396 e. The predicted molar refractivity (Wildman–Crippen MR) is 70.0 cm³/mol. The van der Waals surface area contributed by atoms with Gasteiger partial charge in [-0.2, -0.15) is 5.10 Å². The molecule has 0 aliphatic heterocycles. The second-order valence-corrected chi connectivity index (χ2v) is 4.24. The van der Waals surface area contributed by atoms with Gasteiger partial charge in [-0.3, -0.25) is 9.48 Å². The molecule has 3 N–H and O–H groups in total. The van der Waals surface area contributed by atoms with Crippen LogP contribution < -0.4 is 11.1 Å². The van der Waals surface area contributed by atoms with Crippen molar-refractivity contribution in [1.82, 2.24) is 15.1 Å². The van der Waals surface area contributed by atoms with Gasteiger partial charge in [0, 0.05) is 13.6 Å². The zero-order valence-electron chi connectivity index (χ0n) is 10.5. The second-order valence-electron chi connectivity index (χ2n) is 4.24. The third kappa shape index (κ3) is 2.51. The zero-order chi connectivity index (χ0) is 13.1. The van der Waals surface area contributed by atoms with Crippen LogP contribution in [-0.2, 0) is 13.6 Å². The first-order valence-electron chi connectivity index (χ1n) is 5.69. The molecular weight excluding hydrogens is 228 g/mol. The first kappa shape index (κ1) is 12.2. The molecular formula is C13H16N4O. The fourth-order valence-corrected chi connectivity index (χ4v) is 1.82. The van der Waals surface area contributed by atoms with E-state index >= 15 is 0 Å². The van der Waals surface area contributed by atoms with Crippen LogP contribution in [-0.4, -0.2) is 15.7 Å². The number of anilines is 1. The molecule has 5 nitrogen and oxygen atoms in total. The molecule has 0 saturated carbocycles. The maximum Gasteiger partial charge on any atom is 0.271 e. The van der Waals surface area contributed by atoms with Gasteiger partial charge in [-0.25, -0.2) is 0 Å². The molecule has 0 fully saturated rings. The third-order valence-corrected chi connectivity index (χ3v) is 2.72. The van der Waals surface area contributed by atoms with Crippen molar-refractivity contribution in [2.45, 2.75) is 13.5 Å². The summed E-state index contributed by atoms with van der Waals surface area (Å²) in [5.74, 6) is -0.214. The number of nitrogens with zero attached hydrogens (tertiary/aromatic N) is 2. The van der Waals surface area contributed by atoms with Crippen LogP contribution in [0.5, 0.6) is 0 Å². The quantitative estimate of drug-likeness (QED) is 0.853. The number of nitrogens with two attached hydrogens (primary N) is 1. The number of aromatic nitrogens is 2. The number of benzene rings is 1. The molecule has 0 saturated heterocycles. The Balaban J connectivity index is 2.05. The average Bonchev–Trinajstić information content (AvgIpc) is 2.66. The highest BCUT2D eigenvalue weighted by atomic mass is 16.2. The predicted octanol–water partition coefficient (Wildman–Crippen LogP) is 1.24. The van der Waals surface area contributed by atoms with E-state index in [1.54, 1.807) is 7.05 Å². The van der Waals surface area contributed by atoms with E-state index in [2.05, 4.69) is 10.4 Å². The number of hydrogen-bond donors (Lipinski definition) is 2. The van der Waals surface area contributed by atoms with E-state index in [1.165, 1.54) is 16.4 Å². The minimum atomic E-state index is -0.214. The molecule has 0 unspecified atom stereocenters. The second kappa shape index (κ2) is 4.91. The summed E-state index contributed by atoms with van der Waals surface area (Å²) in [6.45, 7) is 2.50. The summed E-state index contributed by atoms with van der Waals surface area (Å²) in [5, 5.41) is 6.77. The molecule has 2 rings (SSSR count). The van der Waals surface area contributed by atoms with E-state index in [-0.39, 0.29) is 5.91 Å². The molecule has 0 aliphatic rings. The molecule has 1 amide bonds. The maximum absolute atomic E-state index is 12.0. The summed E-state index contributed by atoms with van der Waals surface area (Å²) in [4.78, 5) is 12.0. The topological polar surface area (TPSA) is 72.9 Å². The molecule has 5 heteroatoms. The summed E-state index contributed by atoms with van der Waals surface area (Å²) in [7, 11) is 1.69. The molecule has 2 aromatic rings. The monoisotopic (exact) mass is 244 g/mol. The molecule has 0 radical (unpaired) electrons. The number of nitrogen functional groups attached to an aromatic ring is 1. The molecule has 0 bridgehead atoms. The zero-order valence-corrected chi connectivity index (χ0v) is 10.5. The van der Waals surface area contributed by atoms with Crippen LogP contribution in [0.4, 0.5) is 5.69 Å². The largest absolute Gasteiger partial charge is 0.396 e. The van der Waals surface area contributed by atoms with Crippen molar-refractivity contribution in [2.24, 2.45) is 7.05 Å². The fraction of sp³-hybridized carbons (Fsp3) is 0.231. The van der Waals surface area contributed by atoms with Crippen LogP contribution >= 0.6 is 0 Å². The van der Waals surface area contributed by atoms with E-state index in [0.29, 0.717) is 17.9 Å². The fourth-order valence-electron chi connectivity index (χ4n) is 1.82. The first-order chi connectivity index (χ1) is 8.58. The highest BCUT2D eigenvalue weighted by molar-refractivity contribution is 5.97. The van der Waals surface area contributed by atoms with E-state index in [1.807, 2.05) is 31.2 Å². The Morgan fingerprint density at radius 3 is 2.89 bits per heavy atom. The summed E-state index contributed by atoms with van der Waals surface area (Å²) in [6, 6.07) is 7.99. The summed E-state index contributed by atoms with van der Waals surface area (Å²) in [6.07, 6.45) is 1.47. The van der Waals surface area contributed by atoms with Crippen molar-refractivity contribution in [2.75, 3.05) is 5.73 Å². The molecule has 18 heavy (non-hydrogen) atoms. The Labute approximate surface area is 106 Å². The van der Waals surface area contributed by atoms with Gasteiger partial charge in [0.05, 0.1) is 11.9 Å². The molecule has 1 aromatic carbocycles. The number of rotatable bonds is 3. The van der Waals surface area contributed by atoms with Crippen molar-refractivity contribution < 1.29 is 4.79 Å². The highest BCUT2D eigenvalue weighted by Crippen LogP contribution is 2.09. The van der Waals surface area contributed by atoms with Crippen molar-refractivity contribution in [3.8, 4) is 0 Å². The van der Waals surface area contributed by atoms with E-state index in [9.17, 15) is 4.79 Å². The number of amides is 1. The average molecular weight is 244 g/mol. The lowest BCUT2D eigenvalue weighted by Crippen LogP contribution is -2.26. The van der Waals surface area contributed by atoms with Crippen molar-refractivity contribution >= 4 is 11.6 Å². The number of aryl methyl sites for hydroxylation is 2. The van der Waals surface area contributed by atoms with Gasteiger partial charge in [0.15, 0.2) is 0 Å². The Kier molecular flexibility index (Phi) is 3.32. The van der Waals surface area contributed by atoms with Crippen molar-refractivity contribution in [3.63, 3.8) is 0 Å². The maximum atomic E-state index is 12.0. The van der Waals surface area contributed by atoms with Crippen LogP contribution in [0.3, 0.4) is 0 Å². The Morgan fingerprint density at radius 2 is 2.28 bits per heavy atom. The van der Waals surface area contributed by atoms with Gasteiger partial charge >= 0.3 is 0 Å². The van der Waals surface area contributed by atoms with Crippen LogP contribution in [0.1, 0.15) is 21.6 Å². The Morgan fingerprint density at radius 1 is 1.50 bits per heavy atom. The standard InChI is InChI=1S/C13H16N4O/c1-9-4-3-5-10(6-9)7-15-13(18)12-11(14)8-16-17(12)2/h3-6,8H,7,14H2,1-2H3,(H,15,18). The number of carbonyl (C=O) groups is 1. The number of carbonyl (C=O) groups excluding carboxylic acids is 1. The molecule has 94 valence electrons. The van der Waals surface area contributed by atoms with Gasteiger partial charge in [-0.15, -0.1) is 0 Å². The van der Waals surface area contributed by atoms with Gasteiger partial charge in [0.25, 0.3) is 5.91 Å². The smallest absolute Gasteiger partial charge is 0.271 e. The Hall–Kier alpha value is -2.30. The molecule has 0 spiro atoms. The molecule has 1 heterocycles. The van der Waals surface area contributed by atoms with Gasteiger partial charge < -0.3 is 11.1 Å². The number of hydrogen-bond acceptors (Lipinski definition) is 3. The molecule has 0 atom stereocenters. The lowest BCUT2D eigenvalue weighted by molar-refractivity contribution is 0.0942. The van der Waals surface area contributed by atoms with Crippen LogP contribution in [0.25, 0.3) is 0 Å². The van der Waals surface area contributed by atoms with Crippen LogP contribution in [0.15, 0.2) is 30.5 Å². The van der Waals surface area contributed by atoms with Crippen LogP contribution in [0.2, 0.25) is 0 Å². The van der Waals surface area contributed by atoms with Gasteiger partial charge in [-0.05, 0) is 12.5 Å². The lowest BCUT2D eigenvalue weighted by Gasteiger charge is -2.07. The Bertz CT molecular complexity index is 555. The normalized spacial score (nSPS) is 10.3. The highest BCUT2D eigenvalue weighted by Gasteiger charge is 2.14. The number of nitrogens with one attached hydrogen (secondary N) is 1. The van der Waals surface area contributed by atoms with E-state index in [4.69, 9.17) is 5.73 Å². The van der Waals surface area contributed by atoms with Crippen molar-refractivity contribution in [1.29, 1.82) is 0 Å². The lowest BCUT2D eigenvalue weighted by atomic mass is 10.1. The summed E-state index contributed by atoms with van der Waals surface area (Å²) >= 11 is 0. The van der Waals surface area contributed by atoms with E-state index in [0.717, 1.165) is 5.56 Å². The first-order valence-corrected chi connectivity index (χ1v) is 5.69. The molecule has 1 aromatic heterocycles. The SMILES string of the molecule is Cc1cccc(CNC(=O)c2c(N)cnn2C)c1. The van der Waals surface area contributed by atoms with Gasteiger partial charge in [-0.1, -0.05) is 29.8 Å². The van der Waals surface area contributed by atoms with E-state index < -0.39 is 0 Å². The van der Waals surface area contributed by atoms with Crippen LogP contribution in [0, 0.1) is 6.92 Å².